The Hall–Kier alpha value is -1.08. The van der Waals surface area contributed by atoms with Gasteiger partial charge in [0.25, 0.3) is 0 Å². The van der Waals surface area contributed by atoms with E-state index in [0.29, 0.717) is 22.9 Å². The van der Waals surface area contributed by atoms with Gasteiger partial charge in [-0.1, -0.05) is 15.9 Å². The molecule has 0 atom stereocenters. The Kier molecular flexibility index (Phi) is 3.15. The third-order valence-corrected chi connectivity index (χ3v) is 4.48. The van der Waals surface area contributed by atoms with Gasteiger partial charge in [0, 0.05) is 10.5 Å². The molecule has 0 bridgehead atoms. The topological polar surface area (TPSA) is 40.5 Å². The fourth-order valence-electron chi connectivity index (χ4n) is 3.19. The first-order chi connectivity index (χ1) is 9.58. The molecule has 1 N–H and O–H groups in total. The molecule has 0 aromatic heterocycles. The number of carbonyl (C=O) groups excluding carboxylic acids is 1. The van der Waals surface area contributed by atoms with Crippen LogP contribution in [0.3, 0.4) is 0 Å². The average molecular weight is 364 g/mol. The van der Waals surface area contributed by atoms with E-state index < -0.39 is 17.3 Å². The lowest BCUT2D eigenvalue weighted by molar-refractivity contribution is -0.137. The minimum atomic E-state index is -4.52. The summed E-state index contributed by atoms with van der Waals surface area (Å²) >= 11 is 3.06. The zero-order chi connectivity index (χ0) is 15.6. The van der Waals surface area contributed by atoms with Crippen molar-refractivity contribution >= 4 is 27.5 Å². The molecule has 1 amide bonds. The summed E-state index contributed by atoms with van der Waals surface area (Å²) in [6.07, 6.45) is -3.96. The summed E-state index contributed by atoms with van der Waals surface area (Å²) in [5.41, 5.74) is -1.37. The number of amides is 1. The lowest BCUT2D eigenvalue weighted by atomic mass is 9.76. The highest BCUT2D eigenvalue weighted by atomic mass is 79.9. The molecule has 1 fully saturated rings. The second-order valence-electron chi connectivity index (χ2n) is 5.96. The van der Waals surface area contributed by atoms with E-state index in [4.69, 9.17) is 0 Å². The number of hydrogen-bond acceptors (Lipinski definition) is 2. The molecule has 3 rings (SSSR count). The molecule has 1 heterocycles. The van der Waals surface area contributed by atoms with Crippen molar-refractivity contribution in [3.05, 3.63) is 27.7 Å². The van der Waals surface area contributed by atoms with E-state index in [2.05, 4.69) is 15.9 Å². The Bertz CT molecular complexity index is 619. The minimum Gasteiger partial charge on any atom is -0.390 e. The summed E-state index contributed by atoms with van der Waals surface area (Å²) in [5, 5.41) is 9.78. The highest BCUT2D eigenvalue weighted by Crippen LogP contribution is 2.48. The van der Waals surface area contributed by atoms with Gasteiger partial charge in [-0.3, -0.25) is 4.79 Å². The van der Waals surface area contributed by atoms with Crippen molar-refractivity contribution in [3.8, 4) is 0 Å². The van der Waals surface area contributed by atoms with Gasteiger partial charge in [-0.25, -0.2) is 0 Å². The third kappa shape index (κ3) is 2.46. The number of aliphatic hydroxyl groups is 1. The zero-order valence-electron chi connectivity index (χ0n) is 11.2. The van der Waals surface area contributed by atoms with Crippen LogP contribution in [0.5, 0.6) is 0 Å². The second-order valence-corrected chi connectivity index (χ2v) is 6.87. The highest BCUT2D eigenvalue weighted by Gasteiger charge is 2.49. The molecule has 0 radical (unpaired) electrons. The lowest BCUT2D eigenvalue weighted by Gasteiger charge is -2.46. The molecule has 114 valence electrons. The van der Waals surface area contributed by atoms with Crippen molar-refractivity contribution in [1.82, 2.24) is 0 Å². The van der Waals surface area contributed by atoms with Crippen LogP contribution in [0.2, 0.25) is 0 Å². The van der Waals surface area contributed by atoms with Gasteiger partial charge in [-0.2, -0.15) is 13.2 Å². The number of carbonyl (C=O) groups is 1. The first kappa shape index (κ1) is 14.8. The Morgan fingerprint density at radius 3 is 2.52 bits per heavy atom. The molecule has 0 saturated heterocycles. The summed E-state index contributed by atoms with van der Waals surface area (Å²) < 4.78 is 40.1. The van der Waals surface area contributed by atoms with Gasteiger partial charge < -0.3 is 10.0 Å². The van der Waals surface area contributed by atoms with Gasteiger partial charge in [0.2, 0.25) is 5.91 Å². The summed E-state index contributed by atoms with van der Waals surface area (Å²) in [6, 6.07) is 2.19. The highest BCUT2D eigenvalue weighted by molar-refractivity contribution is 9.10. The van der Waals surface area contributed by atoms with E-state index in [1.165, 1.54) is 4.90 Å². The Balaban J connectivity index is 2.07. The first-order valence-electron chi connectivity index (χ1n) is 6.52. The van der Waals surface area contributed by atoms with Gasteiger partial charge in [0.15, 0.2) is 0 Å². The molecule has 1 aromatic carbocycles. The quantitative estimate of drug-likeness (QED) is 0.831. The molecule has 3 nitrogen and oxygen atoms in total. The number of hydrogen-bond donors (Lipinski definition) is 1. The fourth-order valence-corrected chi connectivity index (χ4v) is 3.69. The normalized spacial score (nSPS) is 28.6. The maximum Gasteiger partial charge on any atom is 0.418 e. The molecule has 1 saturated carbocycles. The number of nitrogens with zero attached hydrogens (tertiary/aromatic N) is 1. The SMILES string of the molecule is CC1(O)CC(N2C(=O)Cc3cc(Br)cc(C(F)(F)F)c32)C1. The predicted octanol–water partition coefficient (Wildman–Crippen LogP) is 3.27. The number of rotatable bonds is 1. The minimum absolute atomic E-state index is 0.0313. The molecule has 0 spiro atoms. The Morgan fingerprint density at radius 2 is 2.00 bits per heavy atom. The summed E-state index contributed by atoms with van der Waals surface area (Å²) in [5.74, 6) is -0.339. The lowest BCUT2D eigenvalue weighted by Crippen LogP contribution is -2.55. The Morgan fingerprint density at radius 1 is 1.38 bits per heavy atom. The van der Waals surface area contributed by atoms with Crippen LogP contribution in [-0.2, 0) is 17.4 Å². The van der Waals surface area contributed by atoms with E-state index in [0.717, 1.165) is 6.07 Å². The van der Waals surface area contributed by atoms with Crippen LogP contribution >= 0.6 is 15.9 Å². The zero-order valence-corrected chi connectivity index (χ0v) is 12.8. The van der Waals surface area contributed by atoms with Gasteiger partial charge in [0.1, 0.15) is 0 Å². The number of halogens is 4. The van der Waals surface area contributed by atoms with Crippen LogP contribution in [0.15, 0.2) is 16.6 Å². The first-order valence-corrected chi connectivity index (χ1v) is 7.32. The van der Waals surface area contributed by atoms with Crippen molar-refractivity contribution in [2.24, 2.45) is 0 Å². The van der Waals surface area contributed by atoms with Crippen LogP contribution in [0, 0.1) is 0 Å². The molecular formula is C14H13BrF3NO2. The van der Waals surface area contributed by atoms with Crippen LogP contribution in [0.4, 0.5) is 18.9 Å². The van der Waals surface area contributed by atoms with E-state index in [1.54, 1.807) is 13.0 Å². The predicted molar refractivity (Wildman–Crippen MR) is 74.0 cm³/mol. The standard InChI is InChI=1S/C14H13BrF3NO2/c1-13(21)5-9(6-13)19-11(20)3-7-2-8(15)4-10(12(7)19)14(16,17)18/h2,4,9,21H,3,5-6H2,1H3. The summed E-state index contributed by atoms with van der Waals surface area (Å²) in [7, 11) is 0. The molecule has 1 aliphatic carbocycles. The van der Waals surface area contributed by atoms with E-state index >= 15 is 0 Å². The molecule has 2 aliphatic rings. The Labute approximate surface area is 127 Å². The third-order valence-electron chi connectivity index (χ3n) is 4.03. The largest absolute Gasteiger partial charge is 0.418 e. The molecule has 1 aliphatic heterocycles. The smallest absolute Gasteiger partial charge is 0.390 e. The van der Waals surface area contributed by atoms with Crippen molar-refractivity contribution < 1.29 is 23.1 Å². The van der Waals surface area contributed by atoms with E-state index in [9.17, 15) is 23.1 Å². The van der Waals surface area contributed by atoms with Crippen molar-refractivity contribution in [1.29, 1.82) is 0 Å². The van der Waals surface area contributed by atoms with Crippen LogP contribution in [0.25, 0.3) is 0 Å². The molecule has 21 heavy (non-hydrogen) atoms. The number of anilines is 1. The summed E-state index contributed by atoms with van der Waals surface area (Å²) in [4.78, 5) is 13.4. The second kappa shape index (κ2) is 4.46. The van der Waals surface area contributed by atoms with Crippen LogP contribution < -0.4 is 4.90 Å². The van der Waals surface area contributed by atoms with Gasteiger partial charge >= 0.3 is 6.18 Å². The summed E-state index contributed by atoms with van der Waals surface area (Å²) in [6.45, 7) is 1.62. The molecule has 0 unspecified atom stereocenters. The van der Waals surface area contributed by atoms with Crippen molar-refractivity contribution in [3.63, 3.8) is 0 Å². The average Bonchev–Trinajstić information content (AvgIpc) is 2.58. The van der Waals surface area contributed by atoms with E-state index in [-0.39, 0.29) is 24.1 Å². The van der Waals surface area contributed by atoms with Gasteiger partial charge in [-0.15, -0.1) is 0 Å². The van der Waals surface area contributed by atoms with Gasteiger partial charge in [0.05, 0.1) is 23.3 Å². The molecular weight excluding hydrogens is 351 g/mol. The van der Waals surface area contributed by atoms with Crippen molar-refractivity contribution in [2.75, 3.05) is 4.90 Å². The van der Waals surface area contributed by atoms with Crippen LogP contribution in [-0.4, -0.2) is 22.7 Å². The fraction of sp³-hybridized carbons (Fsp3) is 0.500. The molecule has 1 aromatic rings. The number of benzene rings is 1. The maximum absolute atomic E-state index is 13.3. The van der Waals surface area contributed by atoms with E-state index in [1.807, 2.05) is 0 Å². The monoisotopic (exact) mass is 363 g/mol. The molecule has 7 heteroatoms. The van der Waals surface area contributed by atoms with Crippen LogP contribution in [0.1, 0.15) is 30.9 Å². The van der Waals surface area contributed by atoms with Gasteiger partial charge in [-0.05, 0) is 37.5 Å². The van der Waals surface area contributed by atoms with Crippen molar-refractivity contribution in [2.45, 2.75) is 44.0 Å². The maximum atomic E-state index is 13.3. The number of alkyl halides is 3. The number of fused-ring (bicyclic) bond motifs is 1.